The third-order valence-corrected chi connectivity index (χ3v) is 8.42. The molecule has 2 aromatic heterocycles. The Morgan fingerprint density at radius 2 is 1.86 bits per heavy atom. The van der Waals surface area contributed by atoms with Gasteiger partial charge in [0.25, 0.3) is 0 Å². The normalized spacial score (nSPS) is 14.4. The molecular formula is C34H40N8O2. The van der Waals surface area contributed by atoms with Gasteiger partial charge >= 0.3 is 6.03 Å². The molecular weight excluding hydrogens is 552 g/mol. The second-order valence-corrected chi connectivity index (χ2v) is 11.6. The average molecular weight is 593 g/mol. The van der Waals surface area contributed by atoms with Crippen LogP contribution in [-0.2, 0) is 13.0 Å². The van der Waals surface area contributed by atoms with E-state index in [1.165, 1.54) is 19.3 Å². The lowest BCUT2D eigenvalue weighted by molar-refractivity contribution is 0.237. The molecule has 10 heteroatoms. The monoisotopic (exact) mass is 592 g/mol. The maximum Gasteiger partial charge on any atom is 0.321 e. The van der Waals surface area contributed by atoms with Crippen molar-refractivity contribution < 1.29 is 9.53 Å². The number of rotatable bonds is 11. The van der Waals surface area contributed by atoms with Crippen LogP contribution >= 0.6 is 0 Å². The van der Waals surface area contributed by atoms with E-state index in [2.05, 4.69) is 55.6 Å². The third kappa shape index (κ3) is 6.74. The van der Waals surface area contributed by atoms with Gasteiger partial charge in [-0.05, 0) is 65.6 Å². The number of tetrazole rings is 1. The van der Waals surface area contributed by atoms with E-state index >= 15 is 0 Å². The first kappa shape index (κ1) is 29.3. The minimum Gasteiger partial charge on any atom is -0.478 e. The van der Waals surface area contributed by atoms with Crippen molar-refractivity contribution in [1.82, 2.24) is 35.5 Å². The molecule has 228 valence electrons. The molecule has 1 unspecified atom stereocenters. The van der Waals surface area contributed by atoms with Gasteiger partial charge in [-0.15, -0.1) is 5.10 Å². The van der Waals surface area contributed by atoms with Crippen molar-refractivity contribution in [3.05, 3.63) is 95.6 Å². The van der Waals surface area contributed by atoms with E-state index < -0.39 is 6.10 Å². The molecule has 6 rings (SSSR count). The fourth-order valence-corrected chi connectivity index (χ4v) is 5.89. The number of aromatic nitrogens is 6. The van der Waals surface area contributed by atoms with Gasteiger partial charge in [-0.1, -0.05) is 75.1 Å². The lowest BCUT2D eigenvalue weighted by Crippen LogP contribution is -2.43. The first-order valence-electron chi connectivity index (χ1n) is 15.7. The van der Waals surface area contributed by atoms with E-state index in [1.54, 1.807) is 4.90 Å². The Bertz CT molecular complexity index is 1640. The molecule has 1 saturated carbocycles. The van der Waals surface area contributed by atoms with E-state index in [-0.39, 0.29) is 12.1 Å². The summed E-state index contributed by atoms with van der Waals surface area (Å²) in [7, 11) is 1.84. The maximum atomic E-state index is 13.1. The topological polar surface area (TPSA) is 114 Å². The van der Waals surface area contributed by atoms with Gasteiger partial charge in [-0.2, -0.15) is 0 Å². The molecule has 2 N–H and O–H groups in total. The van der Waals surface area contributed by atoms with Crippen LogP contribution in [0.4, 0.5) is 10.5 Å². The Morgan fingerprint density at radius 3 is 2.59 bits per heavy atom. The minimum atomic E-state index is -0.457. The molecule has 44 heavy (non-hydrogen) atoms. The van der Waals surface area contributed by atoms with Crippen LogP contribution in [0.1, 0.15) is 80.7 Å². The van der Waals surface area contributed by atoms with Gasteiger partial charge in [0.1, 0.15) is 11.6 Å². The van der Waals surface area contributed by atoms with Crippen LogP contribution in [0.25, 0.3) is 11.0 Å². The van der Waals surface area contributed by atoms with Crippen LogP contribution in [0.3, 0.4) is 0 Å². The number of urea groups is 1. The number of benzene rings is 3. The van der Waals surface area contributed by atoms with E-state index in [0.717, 1.165) is 65.8 Å². The van der Waals surface area contributed by atoms with Crippen molar-refractivity contribution in [3.63, 3.8) is 0 Å². The van der Waals surface area contributed by atoms with Crippen molar-refractivity contribution in [3.8, 4) is 5.75 Å². The van der Waals surface area contributed by atoms with Gasteiger partial charge in [-0.3, -0.25) is 4.90 Å². The summed E-state index contributed by atoms with van der Waals surface area (Å²) in [6, 6.07) is 24.3. The number of H-pyrrole nitrogens is 1. The quantitative estimate of drug-likeness (QED) is 0.179. The fourth-order valence-electron chi connectivity index (χ4n) is 5.89. The molecule has 1 fully saturated rings. The van der Waals surface area contributed by atoms with E-state index in [1.807, 2.05) is 61.6 Å². The van der Waals surface area contributed by atoms with Crippen molar-refractivity contribution in [2.75, 3.05) is 11.9 Å². The van der Waals surface area contributed by atoms with Crippen LogP contribution in [0, 0.1) is 0 Å². The number of amides is 2. The number of carbonyl (C=O) groups is 1. The van der Waals surface area contributed by atoms with Gasteiger partial charge in [-0.25, -0.2) is 14.9 Å². The van der Waals surface area contributed by atoms with E-state index in [9.17, 15) is 4.79 Å². The number of aryl methyl sites for hydroxylation is 1. The molecule has 0 bridgehead atoms. The van der Waals surface area contributed by atoms with Gasteiger partial charge in [0, 0.05) is 37.3 Å². The molecule has 5 aromatic rings. The van der Waals surface area contributed by atoms with Crippen LogP contribution in [-0.4, -0.2) is 49.3 Å². The number of imidazole rings is 1. The molecule has 1 aliphatic rings. The highest BCUT2D eigenvalue weighted by Gasteiger charge is 2.21. The number of aromatic amines is 1. The van der Waals surface area contributed by atoms with Crippen LogP contribution in [0.2, 0.25) is 0 Å². The van der Waals surface area contributed by atoms with Gasteiger partial charge < -0.3 is 14.6 Å². The number of nitrogens with one attached hydrogen (secondary N) is 2. The number of ether oxygens (including phenoxy) is 1. The number of nitrogens with zero attached hydrogens (tertiary/aromatic N) is 6. The predicted molar refractivity (Wildman–Crippen MR) is 171 cm³/mol. The summed E-state index contributed by atoms with van der Waals surface area (Å²) in [5.74, 6) is 2.31. The molecule has 3 aromatic carbocycles. The van der Waals surface area contributed by atoms with Crippen molar-refractivity contribution in [2.45, 2.75) is 77.0 Å². The summed E-state index contributed by atoms with van der Waals surface area (Å²) in [6.45, 7) is 2.85. The van der Waals surface area contributed by atoms with Crippen molar-refractivity contribution in [1.29, 1.82) is 0 Å². The lowest BCUT2D eigenvalue weighted by Gasteiger charge is -2.26. The molecule has 0 radical (unpaired) electrons. The van der Waals surface area contributed by atoms with Crippen LogP contribution in [0.5, 0.6) is 5.75 Å². The lowest BCUT2D eigenvalue weighted by atomic mass is 9.96. The van der Waals surface area contributed by atoms with Gasteiger partial charge in [0.05, 0.1) is 11.0 Å². The van der Waals surface area contributed by atoms with E-state index in [0.29, 0.717) is 18.1 Å². The third-order valence-electron chi connectivity index (χ3n) is 8.42. The molecule has 1 atom stereocenters. The zero-order valence-corrected chi connectivity index (χ0v) is 25.4. The standard InChI is InChI=1S/C34H40N8O2/c1-3-4-15-31-36-29-21-18-27(41(2)34(43)35-26-13-9-6-10-14-26)22-30(29)42(31)23-24-16-19-28(20-17-24)44-32(33-37-39-40-38-33)25-11-7-5-8-12-25/h5,7-8,11-12,16-22,26,32H,3-4,6,9-10,13-15,23H2,1-2H3,(H,35,43)(H,37,38,39,40). The van der Waals surface area contributed by atoms with Gasteiger partial charge in [0.2, 0.25) is 0 Å². The van der Waals surface area contributed by atoms with Crippen molar-refractivity contribution >= 4 is 22.8 Å². The Morgan fingerprint density at radius 1 is 1.07 bits per heavy atom. The SMILES string of the molecule is CCCCc1nc2ccc(N(C)C(=O)NC3CCCCC3)cc2n1Cc1ccc(OC(c2ccccc2)c2nnn[nH]2)cc1. The maximum absolute atomic E-state index is 13.1. The second-order valence-electron chi connectivity index (χ2n) is 11.6. The highest BCUT2D eigenvalue weighted by molar-refractivity contribution is 5.94. The molecule has 2 heterocycles. The zero-order chi connectivity index (χ0) is 30.3. The van der Waals surface area contributed by atoms with Crippen LogP contribution in [0.15, 0.2) is 72.8 Å². The molecule has 0 aliphatic heterocycles. The molecule has 0 spiro atoms. The van der Waals surface area contributed by atoms with Gasteiger partial charge in [0.15, 0.2) is 11.9 Å². The summed E-state index contributed by atoms with van der Waals surface area (Å²) in [5, 5.41) is 17.6. The second kappa shape index (κ2) is 13.7. The zero-order valence-electron chi connectivity index (χ0n) is 25.4. The largest absolute Gasteiger partial charge is 0.478 e. The highest BCUT2D eigenvalue weighted by atomic mass is 16.5. The first-order valence-corrected chi connectivity index (χ1v) is 15.7. The number of hydrogen-bond donors (Lipinski definition) is 2. The molecule has 2 amide bonds. The fraction of sp³-hybridized carbons (Fsp3) is 0.382. The number of carbonyl (C=O) groups excluding carboxylic acids is 1. The Balaban J connectivity index is 1.23. The molecule has 1 aliphatic carbocycles. The smallest absolute Gasteiger partial charge is 0.321 e. The van der Waals surface area contributed by atoms with E-state index in [4.69, 9.17) is 9.72 Å². The summed E-state index contributed by atoms with van der Waals surface area (Å²) in [6.07, 6.45) is 8.32. The first-order chi connectivity index (χ1) is 21.6. The predicted octanol–water partition coefficient (Wildman–Crippen LogP) is 6.59. The highest BCUT2D eigenvalue weighted by Crippen LogP contribution is 2.28. The number of anilines is 1. The summed E-state index contributed by atoms with van der Waals surface area (Å²) in [5.41, 5.74) is 4.89. The summed E-state index contributed by atoms with van der Waals surface area (Å²) >= 11 is 0. The molecule has 10 nitrogen and oxygen atoms in total. The minimum absolute atomic E-state index is 0.0565. The number of hydrogen-bond acceptors (Lipinski definition) is 6. The Hall–Kier alpha value is -4.73. The number of unbranched alkanes of at least 4 members (excludes halogenated alkanes) is 1. The Kier molecular flexibility index (Phi) is 9.14. The average Bonchev–Trinajstić information content (AvgIpc) is 3.72. The number of fused-ring (bicyclic) bond motifs is 1. The van der Waals surface area contributed by atoms with Crippen molar-refractivity contribution in [2.24, 2.45) is 0 Å². The summed E-state index contributed by atoms with van der Waals surface area (Å²) in [4.78, 5) is 19.8. The Labute approximate surface area is 257 Å². The van der Waals surface area contributed by atoms with Crippen LogP contribution < -0.4 is 15.0 Å². The summed E-state index contributed by atoms with van der Waals surface area (Å²) < 4.78 is 8.65. The molecule has 0 saturated heterocycles.